The van der Waals surface area contributed by atoms with Crippen LogP contribution in [-0.4, -0.2) is 19.0 Å². The van der Waals surface area contributed by atoms with Gasteiger partial charge in [0.1, 0.15) is 6.61 Å². The minimum absolute atomic E-state index is 0.224. The predicted octanol–water partition coefficient (Wildman–Crippen LogP) is 3.81. The van der Waals surface area contributed by atoms with Crippen molar-refractivity contribution in [2.45, 2.75) is 38.4 Å². The fourth-order valence-corrected chi connectivity index (χ4v) is 2.17. The van der Waals surface area contributed by atoms with Gasteiger partial charge in [-0.25, -0.2) is 0 Å². The smallest absolute Gasteiger partial charge is 0.192 e. The summed E-state index contributed by atoms with van der Waals surface area (Å²) < 4.78 is 11.2. The molecule has 0 saturated carbocycles. The fourth-order valence-electron chi connectivity index (χ4n) is 2.17. The Morgan fingerprint density at radius 1 is 1.50 bits per heavy atom. The van der Waals surface area contributed by atoms with E-state index in [0.717, 1.165) is 38.9 Å². The van der Waals surface area contributed by atoms with Crippen LogP contribution in [0.15, 0.2) is 30.8 Å². The topological polar surface area (TPSA) is 21.8 Å². The summed E-state index contributed by atoms with van der Waals surface area (Å²) >= 11 is 0. The van der Waals surface area contributed by atoms with E-state index < -0.39 is 0 Å². The van der Waals surface area contributed by atoms with Gasteiger partial charge >= 0.3 is 0 Å². The molecule has 0 spiro atoms. The molecule has 2 nitrogen and oxygen atoms in total. The second kappa shape index (κ2) is 6.17. The first-order valence-electron chi connectivity index (χ1n) is 6.77. The first-order chi connectivity index (χ1) is 8.78. The number of aryl methyl sites for hydroxylation is 1. The lowest BCUT2D eigenvalue weighted by molar-refractivity contribution is -0.0497. The zero-order chi connectivity index (χ0) is 12.8. The molecule has 0 aromatic heterocycles. The van der Waals surface area contributed by atoms with E-state index in [4.69, 9.17) is 9.47 Å². The van der Waals surface area contributed by atoms with Gasteiger partial charge in [0.15, 0.2) is 5.79 Å². The highest BCUT2D eigenvalue weighted by atomic mass is 16.8. The van der Waals surface area contributed by atoms with Gasteiger partial charge in [0.2, 0.25) is 0 Å². The minimum atomic E-state index is -0.224. The van der Waals surface area contributed by atoms with Crippen LogP contribution in [0, 0.1) is 0 Å². The molecule has 1 aromatic carbocycles. The molecule has 1 aromatic rings. The average Bonchev–Trinajstić information content (AvgIpc) is 3.16. The fraction of sp³-hybridized carbons (Fsp3) is 0.500. The number of epoxide rings is 1. The highest BCUT2D eigenvalue weighted by Gasteiger charge is 2.44. The van der Waals surface area contributed by atoms with Crippen LogP contribution in [0.1, 0.15) is 37.3 Å². The van der Waals surface area contributed by atoms with Crippen LogP contribution in [0.5, 0.6) is 0 Å². The van der Waals surface area contributed by atoms with E-state index in [1.165, 1.54) is 11.1 Å². The van der Waals surface area contributed by atoms with Crippen LogP contribution >= 0.6 is 0 Å². The van der Waals surface area contributed by atoms with Gasteiger partial charge in [-0.2, -0.15) is 0 Å². The second-order valence-electron chi connectivity index (χ2n) is 4.85. The largest absolute Gasteiger partial charge is 0.348 e. The Kier molecular flexibility index (Phi) is 4.56. The van der Waals surface area contributed by atoms with Crippen molar-refractivity contribution in [3.63, 3.8) is 0 Å². The Morgan fingerprint density at radius 2 is 2.33 bits per heavy atom. The molecular formula is C16H22O2. The summed E-state index contributed by atoms with van der Waals surface area (Å²) in [6, 6.07) is 8.49. The van der Waals surface area contributed by atoms with Crippen LogP contribution in [0.2, 0.25) is 0 Å². The summed E-state index contributed by atoms with van der Waals surface area (Å²) in [6.07, 6.45) is 6.09. The summed E-state index contributed by atoms with van der Waals surface area (Å²) in [5.74, 6) is -0.224. The first-order valence-corrected chi connectivity index (χ1v) is 6.77. The normalized spacial score (nSPS) is 21.8. The van der Waals surface area contributed by atoms with Crippen LogP contribution in [0.25, 0.3) is 6.08 Å². The number of ether oxygens (including phenoxy) is 2. The lowest BCUT2D eigenvalue weighted by atomic mass is 10.1. The van der Waals surface area contributed by atoms with E-state index >= 15 is 0 Å². The minimum Gasteiger partial charge on any atom is -0.348 e. The van der Waals surface area contributed by atoms with E-state index in [9.17, 15) is 0 Å². The summed E-state index contributed by atoms with van der Waals surface area (Å²) in [4.78, 5) is 0. The average molecular weight is 246 g/mol. The molecule has 2 rings (SSSR count). The van der Waals surface area contributed by atoms with Gasteiger partial charge in [0.25, 0.3) is 0 Å². The van der Waals surface area contributed by atoms with Crippen LogP contribution < -0.4 is 0 Å². The third-order valence-corrected chi connectivity index (χ3v) is 3.26. The molecule has 1 saturated heterocycles. The van der Waals surface area contributed by atoms with E-state index in [-0.39, 0.29) is 5.79 Å². The van der Waals surface area contributed by atoms with Crippen molar-refractivity contribution in [3.8, 4) is 0 Å². The van der Waals surface area contributed by atoms with Gasteiger partial charge in [-0.15, -0.1) is 0 Å². The van der Waals surface area contributed by atoms with E-state index in [1.807, 2.05) is 6.08 Å². The van der Waals surface area contributed by atoms with Crippen molar-refractivity contribution in [1.82, 2.24) is 0 Å². The first kappa shape index (κ1) is 13.3. The summed E-state index contributed by atoms with van der Waals surface area (Å²) in [5, 5.41) is 0. The van der Waals surface area contributed by atoms with E-state index in [1.54, 1.807) is 0 Å². The molecule has 2 heteroatoms. The molecule has 0 N–H and O–H groups in total. The van der Waals surface area contributed by atoms with Crippen molar-refractivity contribution in [2.75, 3.05) is 13.2 Å². The van der Waals surface area contributed by atoms with Crippen molar-refractivity contribution in [3.05, 3.63) is 42.0 Å². The van der Waals surface area contributed by atoms with Gasteiger partial charge in [-0.05, 0) is 24.0 Å². The van der Waals surface area contributed by atoms with Gasteiger partial charge in [-0.1, -0.05) is 50.3 Å². The lowest BCUT2D eigenvalue weighted by Crippen LogP contribution is -2.16. The van der Waals surface area contributed by atoms with Crippen molar-refractivity contribution >= 4 is 6.08 Å². The maximum atomic E-state index is 5.82. The molecule has 0 aliphatic carbocycles. The third kappa shape index (κ3) is 3.69. The van der Waals surface area contributed by atoms with E-state index in [0.29, 0.717) is 0 Å². The molecule has 1 aliphatic heterocycles. The summed E-state index contributed by atoms with van der Waals surface area (Å²) in [6.45, 7) is 7.50. The van der Waals surface area contributed by atoms with Gasteiger partial charge in [0, 0.05) is 6.42 Å². The Hall–Kier alpha value is -1.12. The molecule has 18 heavy (non-hydrogen) atoms. The zero-order valence-corrected chi connectivity index (χ0v) is 11.2. The molecule has 1 atom stereocenters. The Bertz CT molecular complexity index is 394. The van der Waals surface area contributed by atoms with Gasteiger partial charge in [0.05, 0.1) is 6.61 Å². The molecule has 0 amide bonds. The maximum absolute atomic E-state index is 5.82. The third-order valence-electron chi connectivity index (χ3n) is 3.26. The van der Waals surface area contributed by atoms with Crippen molar-refractivity contribution in [1.29, 1.82) is 0 Å². The van der Waals surface area contributed by atoms with Crippen LogP contribution in [-0.2, 0) is 15.9 Å². The SMILES string of the molecule is C=Cc1cccc(CCCOC2(CCC)CO2)c1. The molecule has 1 unspecified atom stereocenters. The molecule has 0 radical (unpaired) electrons. The molecular weight excluding hydrogens is 224 g/mol. The standard InChI is InChI=1S/C16H22O2/c1-3-10-16(13-18-16)17-11-6-9-15-8-5-7-14(4-2)12-15/h4-5,7-8,12H,2-3,6,9-11,13H2,1H3. The molecule has 98 valence electrons. The highest BCUT2D eigenvalue weighted by Crippen LogP contribution is 2.33. The van der Waals surface area contributed by atoms with E-state index in [2.05, 4.69) is 37.8 Å². The summed E-state index contributed by atoms with van der Waals surface area (Å²) in [7, 11) is 0. The van der Waals surface area contributed by atoms with Crippen LogP contribution in [0.3, 0.4) is 0 Å². The lowest BCUT2D eigenvalue weighted by Gasteiger charge is -2.12. The monoisotopic (exact) mass is 246 g/mol. The second-order valence-corrected chi connectivity index (χ2v) is 4.85. The quantitative estimate of drug-likeness (QED) is 0.514. The van der Waals surface area contributed by atoms with Crippen molar-refractivity contribution < 1.29 is 9.47 Å². The Morgan fingerprint density at radius 3 is 3.00 bits per heavy atom. The van der Waals surface area contributed by atoms with Crippen LogP contribution in [0.4, 0.5) is 0 Å². The molecule has 1 heterocycles. The molecule has 1 aliphatic rings. The Labute approximate surface area is 110 Å². The number of hydrogen-bond acceptors (Lipinski definition) is 2. The van der Waals surface area contributed by atoms with Crippen molar-refractivity contribution in [2.24, 2.45) is 0 Å². The zero-order valence-electron chi connectivity index (χ0n) is 11.2. The highest BCUT2D eigenvalue weighted by molar-refractivity contribution is 5.47. The molecule has 0 bridgehead atoms. The van der Waals surface area contributed by atoms with Gasteiger partial charge in [-0.3, -0.25) is 0 Å². The number of benzene rings is 1. The Balaban J connectivity index is 1.70. The number of hydrogen-bond donors (Lipinski definition) is 0. The molecule has 1 fully saturated rings. The number of rotatable bonds is 8. The maximum Gasteiger partial charge on any atom is 0.192 e. The van der Waals surface area contributed by atoms with Gasteiger partial charge < -0.3 is 9.47 Å². The predicted molar refractivity (Wildman–Crippen MR) is 74.4 cm³/mol. The summed E-state index contributed by atoms with van der Waals surface area (Å²) in [5.41, 5.74) is 2.53.